The van der Waals surface area contributed by atoms with Crippen LogP contribution in [0.4, 0.5) is 0 Å². The molecule has 3 heterocycles. The third kappa shape index (κ3) is 6.83. The molecule has 1 saturated heterocycles. The summed E-state index contributed by atoms with van der Waals surface area (Å²) in [6.07, 6.45) is 9.69. The van der Waals surface area contributed by atoms with Gasteiger partial charge in [-0.1, -0.05) is 48.5 Å². The highest BCUT2D eigenvalue weighted by Crippen LogP contribution is 2.28. The van der Waals surface area contributed by atoms with E-state index in [9.17, 15) is 4.79 Å². The van der Waals surface area contributed by atoms with Gasteiger partial charge < -0.3 is 18.8 Å². The monoisotopic (exact) mass is 515 g/mol. The van der Waals surface area contributed by atoms with E-state index in [-0.39, 0.29) is 5.91 Å². The smallest absolute Gasteiger partial charge is 0.232 e. The van der Waals surface area contributed by atoms with Crippen molar-refractivity contribution in [2.24, 2.45) is 0 Å². The van der Waals surface area contributed by atoms with Crippen LogP contribution in [0.5, 0.6) is 5.75 Å². The molecular weight excluding hydrogens is 482 g/mol. The Morgan fingerprint density at radius 3 is 2.38 bits per heavy atom. The normalized spacial score (nSPS) is 14.1. The van der Waals surface area contributed by atoms with Gasteiger partial charge in [0.1, 0.15) is 17.4 Å². The van der Waals surface area contributed by atoms with Crippen LogP contribution in [0.15, 0.2) is 85.5 Å². The average Bonchev–Trinajstić information content (AvgIpc) is 3.59. The molecule has 37 heavy (non-hydrogen) atoms. The van der Waals surface area contributed by atoms with E-state index in [4.69, 9.17) is 9.72 Å². The summed E-state index contributed by atoms with van der Waals surface area (Å²) in [6.45, 7) is 3.66. The van der Waals surface area contributed by atoms with Crippen molar-refractivity contribution in [1.82, 2.24) is 24.0 Å². The number of ether oxygens (including phenoxy) is 1. The SMILES string of the molecule is O=C(CSCCOc1ccccc1)N1CCC(c2nccn2Cc2nccn2Cc2ccccc2)CC1. The molecule has 2 aromatic carbocycles. The topological polar surface area (TPSA) is 65.2 Å². The number of para-hydroxylation sites is 1. The highest BCUT2D eigenvalue weighted by molar-refractivity contribution is 7.99. The number of piperidine rings is 1. The van der Waals surface area contributed by atoms with Gasteiger partial charge in [-0.2, -0.15) is 0 Å². The zero-order chi connectivity index (χ0) is 25.3. The van der Waals surface area contributed by atoms with Crippen molar-refractivity contribution >= 4 is 17.7 Å². The van der Waals surface area contributed by atoms with E-state index < -0.39 is 0 Å². The number of likely N-dealkylation sites (tertiary alicyclic amines) is 1. The number of benzene rings is 2. The van der Waals surface area contributed by atoms with Crippen molar-refractivity contribution < 1.29 is 9.53 Å². The molecule has 7 nitrogen and oxygen atoms in total. The van der Waals surface area contributed by atoms with Crippen molar-refractivity contribution in [2.75, 3.05) is 31.2 Å². The lowest BCUT2D eigenvalue weighted by Gasteiger charge is -2.32. The van der Waals surface area contributed by atoms with Gasteiger partial charge in [0.15, 0.2) is 0 Å². The third-order valence-corrected chi connectivity index (χ3v) is 7.64. The van der Waals surface area contributed by atoms with Crippen molar-refractivity contribution in [3.63, 3.8) is 0 Å². The quantitative estimate of drug-likeness (QED) is 0.271. The molecule has 0 aliphatic carbocycles. The molecule has 1 amide bonds. The summed E-state index contributed by atoms with van der Waals surface area (Å²) in [5.41, 5.74) is 1.26. The molecule has 0 N–H and O–H groups in total. The van der Waals surface area contributed by atoms with Crippen LogP contribution in [0.3, 0.4) is 0 Å². The number of imidazole rings is 2. The minimum atomic E-state index is 0.217. The summed E-state index contributed by atoms with van der Waals surface area (Å²) >= 11 is 1.64. The molecule has 1 fully saturated rings. The molecule has 8 heteroatoms. The number of carbonyl (C=O) groups is 1. The van der Waals surface area contributed by atoms with Gasteiger partial charge in [-0.15, -0.1) is 11.8 Å². The fourth-order valence-electron chi connectivity index (χ4n) is 4.76. The zero-order valence-electron chi connectivity index (χ0n) is 21.0. The summed E-state index contributed by atoms with van der Waals surface area (Å²) in [7, 11) is 0. The van der Waals surface area contributed by atoms with E-state index in [1.807, 2.05) is 66.1 Å². The van der Waals surface area contributed by atoms with E-state index >= 15 is 0 Å². The Morgan fingerprint density at radius 2 is 1.59 bits per heavy atom. The van der Waals surface area contributed by atoms with E-state index in [0.717, 1.165) is 55.6 Å². The van der Waals surface area contributed by atoms with Crippen molar-refractivity contribution in [2.45, 2.75) is 31.8 Å². The predicted molar refractivity (Wildman–Crippen MR) is 147 cm³/mol. The van der Waals surface area contributed by atoms with Gasteiger partial charge in [0, 0.05) is 56.1 Å². The standard InChI is InChI=1S/C29H33N5O2S/c35-28(23-37-20-19-36-26-9-5-2-6-10-26)32-15-11-25(12-16-32)29-31-14-18-34(29)22-27-30-13-17-33(27)21-24-7-3-1-4-8-24/h1-10,13-14,17-18,25H,11-12,15-16,19-23H2. The van der Waals surface area contributed by atoms with Crippen LogP contribution < -0.4 is 4.74 Å². The number of carbonyl (C=O) groups excluding carboxylic acids is 1. The molecule has 5 rings (SSSR count). The van der Waals surface area contributed by atoms with Crippen molar-refractivity contribution in [3.05, 3.63) is 103 Å². The molecule has 0 bridgehead atoms. The molecule has 0 atom stereocenters. The summed E-state index contributed by atoms with van der Waals surface area (Å²) < 4.78 is 10.1. The molecule has 4 aromatic rings. The number of nitrogens with zero attached hydrogens (tertiary/aromatic N) is 5. The van der Waals surface area contributed by atoms with E-state index in [2.05, 4.69) is 38.4 Å². The second-order valence-electron chi connectivity index (χ2n) is 9.24. The molecule has 1 aliphatic rings. The summed E-state index contributed by atoms with van der Waals surface area (Å²) in [4.78, 5) is 24.0. The summed E-state index contributed by atoms with van der Waals surface area (Å²) in [5.74, 6) is 4.85. The Morgan fingerprint density at radius 1 is 0.892 bits per heavy atom. The van der Waals surface area contributed by atoms with Crippen LogP contribution in [0.2, 0.25) is 0 Å². The van der Waals surface area contributed by atoms with Gasteiger partial charge >= 0.3 is 0 Å². The molecule has 0 saturated carbocycles. The lowest BCUT2D eigenvalue weighted by Crippen LogP contribution is -2.39. The van der Waals surface area contributed by atoms with Gasteiger partial charge in [-0.05, 0) is 30.5 Å². The first-order valence-corrected chi connectivity index (χ1v) is 14.0. The van der Waals surface area contributed by atoms with E-state index in [1.165, 1.54) is 5.56 Å². The van der Waals surface area contributed by atoms with Crippen LogP contribution >= 0.6 is 11.8 Å². The zero-order valence-corrected chi connectivity index (χ0v) is 21.8. The van der Waals surface area contributed by atoms with Gasteiger partial charge in [0.2, 0.25) is 5.91 Å². The molecular formula is C29H33N5O2S. The number of hydrogen-bond acceptors (Lipinski definition) is 5. The lowest BCUT2D eigenvalue weighted by molar-refractivity contribution is -0.129. The number of thioether (sulfide) groups is 1. The minimum absolute atomic E-state index is 0.217. The first-order valence-electron chi connectivity index (χ1n) is 12.8. The Hall–Kier alpha value is -3.52. The largest absolute Gasteiger partial charge is 0.493 e. The Kier molecular flexibility index (Phi) is 8.58. The first kappa shape index (κ1) is 25.1. The number of rotatable bonds is 11. The number of hydrogen-bond donors (Lipinski definition) is 0. The Balaban J connectivity index is 1.08. The van der Waals surface area contributed by atoms with E-state index in [1.54, 1.807) is 11.8 Å². The van der Waals surface area contributed by atoms with Gasteiger partial charge in [0.25, 0.3) is 0 Å². The van der Waals surface area contributed by atoms with Crippen LogP contribution in [-0.4, -0.2) is 61.1 Å². The second-order valence-corrected chi connectivity index (χ2v) is 10.3. The van der Waals surface area contributed by atoms with Crippen LogP contribution in [0.25, 0.3) is 0 Å². The fourth-order valence-corrected chi connectivity index (χ4v) is 5.46. The van der Waals surface area contributed by atoms with Gasteiger partial charge in [-0.25, -0.2) is 9.97 Å². The van der Waals surface area contributed by atoms with Crippen molar-refractivity contribution in [3.8, 4) is 5.75 Å². The van der Waals surface area contributed by atoms with Crippen LogP contribution in [-0.2, 0) is 17.9 Å². The fraction of sp³-hybridized carbons (Fsp3) is 0.345. The average molecular weight is 516 g/mol. The highest BCUT2D eigenvalue weighted by atomic mass is 32.2. The molecule has 192 valence electrons. The maximum absolute atomic E-state index is 12.7. The molecule has 1 aliphatic heterocycles. The number of amides is 1. The molecule has 0 unspecified atom stereocenters. The lowest BCUT2D eigenvalue weighted by atomic mass is 9.96. The van der Waals surface area contributed by atoms with Crippen LogP contribution in [0.1, 0.15) is 36.0 Å². The first-order chi connectivity index (χ1) is 18.3. The summed E-state index contributed by atoms with van der Waals surface area (Å²) in [6, 6.07) is 20.2. The van der Waals surface area contributed by atoms with Crippen LogP contribution in [0, 0.1) is 0 Å². The third-order valence-electron chi connectivity index (χ3n) is 6.73. The molecule has 0 spiro atoms. The maximum atomic E-state index is 12.7. The molecule has 0 radical (unpaired) electrons. The minimum Gasteiger partial charge on any atom is -0.493 e. The maximum Gasteiger partial charge on any atom is 0.232 e. The summed E-state index contributed by atoms with van der Waals surface area (Å²) in [5, 5.41) is 0. The van der Waals surface area contributed by atoms with E-state index in [0.29, 0.717) is 24.8 Å². The predicted octanol–water partition coefficient (Wildman–Crippen LogP) is 4.69. The Labute approximate surface area is 222 Å². The molecule has 2 aromatic heterocycles. The number of aromatic nitrogens is 4. The van der Waals surface area contributed by atoms with Crippen molar-refractivity contribution in [1.29, 1.82) is 0 Å². The Bertz CT molecular complexity index is 1250. The second kappa shape index (κ2) is 12.6. The van der Waals surface area contributed by atoms with Gasteiger partial charge in [0.05, 0.1) is 18.9 Å². The highest BCUT2D eigenvalue weighted by Gasteiger charge is 2.26. The van der Waals surface area contributed by atoms with Gasteiger partial charge in [-0.3, -0.25) is 4.79 Å².